The lowest BCUT2D eigenvalue weighted by atomic mass is 9.94. The molecule has 0 aliphatic heterocycles. The summed E-state index contributed by atoms with van der Waals surface area (Å²) >= 11 is 0. The number of hydrogen-bond acceptors (Lipinski definition) is 1. The summed E-state index contributed by atoms with van der Waals surface area (Å²) in [5.41, 5.74) is 6.99. The molecule has 1 unspecified atom stereocenters. The van der Waals surface area contributed by atoms with Crippen LogP contribution in [0.3, 0.4) is 0 Å². The molecule has 8 aromatic carbocycles. The Hall–Kier alpha value is -6.12. The Morgan fingerprint density at radius 2 is 1.02 bits per heavy atom. The fourth-order valence-corrected chi connectivity index (χ4v) is 8.15. The van der Waals surface area contributed by atoms with E-state index in [0.29, 0.717) is 5.92 Å². The van der Waals surface area contributed by atoms with Crippen LogP contribution in [0.15, 0.2) is 158 Å². The van der Waals surface area contributed by atoms with Crippen molar-refractivity contribution in [2.24, 2.45) is 5.92 Å². The SMILES string of the molecule is CC1C=c2cc(-n3c4ccccc4c4ccc(N(c5ccccc5)c5ccc6c7ccccc7c7ccccc7c6c5)cc43)ccc2=CC1. The van der Waals surface area contributed by atoms with Crippen molar-refractivity contribution >= 4 is 83.3 Å². The molecule has 0 saturated carbocycles. The van der Waals surface area contributed by atoms with Crippen LogP contribution in [0, 0.1) is 5.92 Å². The molecule has 9 aromatic rings. The van der Waals surface area contributed by atoms with Gasteiger partial charge in [-0.3, -0.25) is 0 Å². The van der Waals surface area contributed by atoms with Gasteiger partial charge in [-0.2, -0.15) is 0 Å². The zero-order chi connectivity index (χ0) is 32.5. The van der Waals surface area contributed by atoms with Gasteiger partial charge in [-0.15, -0.1) is 0 Å². The summed E-state index contributed by atoms with van der Waals surface area (Å²) in [5, 5.41) is 12.8. The Kier molecular flexibility index (Phi) is 6.25. The zero-order valence-corrected chi connectivity index (χ0v) is 27.3. The van der Waals surface area contributed by atoms with E-state index in [4.69, 9.17) is 0 Å². The highest BCUT2D eigenvalue weighted by atomic mass is 15.1. The second-order valence-corrected chi connectivity index (χ2v) is 13.4. The minimum atomic E-state index is 0.545. The van der Waals surface area contributed by atoms with Crippen LogP contribution in [-0.4, -0.2) is 4.57 Å². The van der Waals surface area contributed by atoms with Gasteiger partial charge in [0, 0.05) is 33.5 Å². The van der Waals surface area contributed by atoms with Crippen LogP contribution in [0.2, 0.25) is 0 Å². The van der Waals surface area contributed by atoms with Crippen LogP contribution in [0.25, 0.3) is 72.0 Å². The predicted octanol–water partition coefficient (Wildman–Crippen LogP) is 11.3. The van der Waals surface area contributed by atoms with Gasteiger partial charge in [0.2, 0.25) is 0 Å². The summed E-state index contributed by atoms with van der Waals surface area (Å²) in [4.78, 5) is 2.40. The fourth-order valence-electron chi connectivity index (χ4n) is 8.15. The summed E-state index contributed by atoms with van der Waals surface area (Å²) < 4.78 is 2.45. The van der Waals surface area contributed by atoms with E-state index in [0.717, 1.165) is 23.5 Å². The zero-order valence-electron chi connectivity index (χ0n) is 27.3. The van der Waals surface area contributed by atoms with Gasteiger partial charge in [0.1, 0.15) is 0 Å². The first kappa shape index (κ1) is 27.9. The van der Waals surface area contributed by atoms with Crippen molar-refractivity contribution in [3.63, 3.8) is 0 Å². The topological polar surface area (TPSA) is 8.17 Å². The second kappa shape index (κ2) is 11.0. The molecular formula is C47H34N2. The van der Waals surface area contributed by atoms with Gasteiger partial charge in [0.15, 0.2) is 0 Å². The summed E-state index contributed by atoms with van der Waals surface area (Å²) in [6, 6.07) is 58.1. The number of rotatable bonds is 4. The molecule has 1 heterocycles. The lowest BCUT2D eigenvalue weighted by molar-refractivity contribution is 0.800. The van der Waals surface area contributed by atoms with Crippen molar-refractivity contribution in [3.8, 4) is 5.69 Å². The van der Waals surface area contributed by atoms with E-state index in [9.17, 15) is 0 Å². The third-order valence-electron chi connectivity index (χ3n) is 10.4. The first-order chi connectivity index (χ1) is 24.2. The quantitative estimate of drug-likeness (QED) is 0.177. The van der Waals surface area contributed by atoms with E-state index in [1.165, 1.54) is 70.2 Å². The number of fused-ring (bicyclic) bond motifs is 10. The molecule has 1 atom stereocenters. The number of benzene rings is 8. The fraction of sp³-hybridized carbons (Fsp3) is 0.0638. The Bertz CT molecular complexity index is 2840. The average Bonchev–Trinajstić information content (AvgIpc) is 3.49. The van der Waals surface area contributed by atoms with E-state index >= 15 is 0 Å². The molecule has 0 spiro atoms. The van der Waals surface area contributed by atoms with Crippen LogP contribution in [-0.2, 0) is 0 Å². The molecule has 0 N–H and O–H groups in total. The maximum Gasteiger partial charge on any atom is 0.0561 e. The Morgan fingerprint density at radius 3 is 1.76 bits per heavy atom. The third kappa shape index (κ3) is 4.41. The first-order valence-corrected chi connectivity index (χ1v) is 17.3. The van der Waals surface area contributed by atoms with Crippen molar-refractivity contribution in [2.45, 2.75) is 13.3 Å². The van der Waals surface area contributed by atoms with E-state index < -0.39 is 0 Å². The van der Waals surface area contributed by atoms with Crippen molar-refractivity contribution in [3.05, 3.63) is 168 Å². The molecule has 0 saturated heterocycles. The average molecular weight is 627 g/mol. The van der Waals surface area contributed by atoms with Crippen LogP contribution in [0.5, 0.6) is 0 Å². The summed E-state index contributed by atoms with van der Waals surface area (Å²) in [6.07, 6.45) is 5.89. The molecule has 2 heteroatoms. The molecule has 0 bridgehead atoms. The minimum Gasteiger partial charge on any atom is -0.310 e. The van der Waals surface area contributed by atoms with Crippen LogP contribution < -0.4 is 15.3 Å². The van der Waals surface area contributed by atoms with E-state index in [-0.39, 0.29) is 0 Å². The molecule has 1 aliphatic rings. The maximum atomic E-state index is 2.45. The lowest BCUT2D eigenvalue weighted by Gasteiger charge is -2.26. The largest absolute Gasteiger partial charge is 0.310 e. The van der Waals surface area contributed by atoms with Crippen molar-refractivity contribution < 1.29 is 0 Å². The number of hydrogen-bond donors (Lipinski definition) is 0. The molecule has 10 rings (SSSR count). The molecule has 0 radical (unpaired) electrons. The molecule has 49 heavy (non-hydrogen) atoms. The van der Waals surface area contributed by atoms with Gasteiger partial charge in [0.05, 0.1) is 11.0 Å². The molecule has 232 valence electrons. The monoisotopic (exact) mass is 626 g/mol. The minimum absolute atomic E-state index is 0.545. The predicted molar refractivity (Wildman–Crippen MR) is 210 cm³/mol. The summed E-state index contributed by atoms with van der Waals surface area (Å²) in [6.45, 7) is 2.30. The third-order valence-corrected chi connectivity index (χ3v) is 10.4. The van der Waals surface area contributed by atoms with Crippen molar-refractivity contribution in [2.75, 3.05) is 4.90 Å². The summed E-state index contributed by atoms with van der Waals surface area (Å²) in [5.74, 6) is 0.545. The van der Waals surface area contributed by atoms with Gasteiger partial charge in [0.25, 0.3) is 0 Å². The number of para-hydroxylation sites is 2. The van der Waals surface area contributed by atoms with Crippen LogP contribution >= 0.6 is 0 Å². The number of anilines is 3. The highest BCUT2D eigenvalue weighted by molar-refractivity contribution is 6.25. The number of aromatic nitrogens is 1. The van der Waals surface area contributed by atoms with Crippen molar-refractivity contribution in [1.82, 2.24) is 4.57 Å². The van der Waals surface area contributed by atoms with Crippen LogP contribution in [0.1, 0.15) is 13.3 Å². The Morgan fingerprint density at radius 1 is 0.449 bits per heavy atom. The molecule has 0 fully saturated rings. The first-order valence-electron chi connectivity index (χ1n) is 17.3. The Balaban J connectivity index is 1.24. The highest BCUT2D eigenvalue weighted by Gasteiger charge is 2.19. The highest BCUT2D eigenvalue weighted by Crippen LogP contribution is 2.42. The second-order valence-electron chi connectivity index (χ2n) is 13.4. The van der Waals surface area contributed by atoms with Gasteiger partial charge in [-0.05, 0) is 110 Å². The smallest absolute Gasteiger partial charge is 0.0561 e. The normalized spacial score (nSPS) is 14.3. The van der Waals surface area contributed by atoms with E-state index in [1.807, 2.05) is 0 Å². The molecular weight excluding hydrogens is 593 g/mol. The molecule has 0 amide bonds. The Labute approximate surface area is 285 Å². The van der Waals surface area contributed by atoms with Gasteiger partial charge >= 0.3 is 0 Å². The maximum absolute atomic E-state index is 2.45. The molecule has 2 nitrogen and oxygen atoms in total. The van der Waals surface area contributed by atoms with Crippen LogP contribution in [0.4, 0.5) is 17.1 Å². The summed E-state index contributed by atoms with van der Waals surface area (Å²) in [7, 11) is 0. The standard InChI is InChI=1S/C47H34N2/c1-31-19-20-32-21-22-35(28-33(32)27-31)49-46-18-10-9-17-43(46)44-26-24-37(30-47(44)49)48(34-11-3-2-4-12-34)36-23-25-42-40-15-6-5-13-38(40)39-14-7-8-16-41(39)45(42)29-36/h2-18,20-31H,19H2,1H3. The van der Waals surface area contributed by atoms with Gasteiger partial charge < -0.3 is 9.47 Å². The van der Waals surface area contributed by atoms with Gasteiger partial charge in [-0.25, -0.2) is 0 Å². The lowest BCUT2D eigenvalue weighted by Crippen LogP contribution is -2.28. The van der Waals surface area contributed by atoms with E-state index in [1.54, 1.807) is 0 Å². The molecule has 1 aliphatic carbocycles. The molecule has 1 aromatic heterocycles. The van der Waals surface area contributed by atoms with Gasteiger partial charge in [-0.1, -0.05) is 122 Å². The van der Waals surface area contributed by atoms with Crippen molar-refractivity contribution in [1.29, 1.82) is 0 Å². The van der Waals surface area contributed by atoms with E-state index in [2.05, 4.69) is 186 Å². The number of nitrogens with zero attached hydrogens (tertiary/aromatic N) is 2.